The Labute approximate surface area is 144 Å². The molecule has 25 heavy (non-hydrogen) atoms. The number of carboxylic acid groups (broad SMARTS) is 1. The fourth-order valence-electron chi connectivity index (χ4n) is 2.10. The zero-order chi connectivity index (χ0) is 18.4. The van der Waals surface area contributed by atoms with E-state index in [1.165, 1.54) is 38.5 Å². The quantitative estimate of drug-likeness (QED) is 0.550. The first-order chi connectivity index (χ1) is 11.9. The number of carbonyl (C=O) groups excluding carboxylic acids is 1. The van der Waals surface area contributed by atoms with Gasteiger partial charge in [0.1, 0.15) is 11.3 Å². The molecule has 0 saturated heterocycles. The van der Waals surface area contributed by atoms with E-state index in [1.807, 2.05) is 0 Å². The molecule has 0 bridgehead atoms. The lowest BCUT2D eigenvalue weighted by atomic mass is 10.1. The van der Waals surface area contributed by atoms with Gasteiger partial charge in [-0.3, -0.25) is 4.79 Å². The molecule has 2 rings (SSSR count). The predicted molar refractivity (Wildman–Crippen MR) is 92.3 cm³/mol. The van der Waals surface area contributed by atoms with Crippen LogP contribution in [0.15, 0.2) is 42.5 Å². The molecule has 0 fully saturated rings. The summed E-state index contributed by atoms with van der Waals surface area (Å²) in [7, 11) is 3.05. The van der Waals surface area contributed by atoms with Crippen molar-refractivity contribution in [2.75, 3.05) is 19.5 Å². The molecule has 7 nitrogen and oxygen atoms in total. The summed E-state index contributed by atoms with van der Waals surface area (Å²) in [5.41, 5.74) is 0.698. The smallest absolute Gasteiger partial charge is 0.339 e. The van der Waals surface area contributed by atoms with Gasteiger partial charge in [-0.15, -0.1) is 0 Å². The molecule has 2 aromatic rings. The third-order valence-electron chi connectivity index (χ3n) is 3.33. The van der Waals surface area contributed by atoms with E-state index in [1.54, 1.807) is 24.3 Å². The molecule has 0 aromatic heterocycles. The molecular weight excluding hydrogens is 326 g/mol. The van der Waals surface area contributed by atoms with Gasteiger partial charge in [-0.05, 0) is 42.0 Å². The molecular formula is C18H17NO6. The van der Waals surface area contributed by atoms with E-state index in [9.17, 15) is 14.7 Å². The van der Waals surface area contributed by atoms with E-state index < -0.39 is 11.9 Å². The third kappa shape index (κ3) is 4.51. The number of nitrogens with one attached hydrogen (secondary N) is 1. The number of hydrogen-bond donors (Lipinski definition) is 3. The van der Waals surface area contributed by atoms with Crippen molar-refractivity contribution in [3.8, 4) is 17.2 Å². The van der Waals surface area contributed by atoms with Crippen LogP contribution >= 0.6 is 0 Å². The number of hydrogen-bond acceptors (Lipinski definition) is 5. The highest BCUT2D eigenvalue weighted by atomic mass is 16.5. The van der Waals surface area contributed by atoms with Crippen LogP contribution in [0.2, 0.25) is 0 Å². The predicted octanol–water partition coefficient (Wildman–Crippen LogP) is 2.76. The van der Waals surface area contributed by atoms with Crippen LogP contribution in [-0.2, 0) is 4.79 Å². The molecule has 0 heterocycles. The maximum absolute atomic E-state index is 12.0. The Morgan fingerprint density at radius 2 is 1.76 bits per heavy atom. The van der Waals surface area contributed by atoms with Crippen molar-refractivity contribution >= 4 is 23.6 Å². The highest BCUT2D eigenvalue weighted by Crippen LogP contribution is 2.28. The molecule has 7 heteroatoms. The van der Waals surface area contributed by atoms with Gasteiger partial charge < -0.3 is 25.0 Å². The Kier molecular flexibility index (Phi) is 5.62. The van der Waals surface area contributed by atoms with Crippen LogP contribution in [0.4, 0.5) is 5.69 Å². The van der Waals surface area contributed by atoms with E-state index >= 15 is 0 Å². The van der Waals surface area contributed by atoms with Crippen LogP contribution < -0.4 is 14.8 Å². The van der Waals surface area contributed by atoms with Gasteiger partial charge in [0.25, 0.3) is 0 Å². The van der Waals surface area contributed by atoms with Gasteiger partial charge in [0, 0.05) is 11.8 Å². The number of carboxylic acids is 1. The van der Waals surface area contributed by atoms with E-state index in [-0.39, 0.29) is 17.0 Å². The second-order valence-corrected chi connectivity index (χ2v) is 4.97. The van der Waals surface area contributed by atoms with Crippen LogP contribution in [0.5, 0.6) is 17.2 Å². The number of benzene rings is 2. The number of aromatic hydroxyl groups is 1. The standard InChI is InChI=1S/C18H17NO6/c1-24-15-7-3-11(9-16(15)25-2)4-8-17(21)19-12-5-6-14(20)13(10-12)18(22)23/h3-10,20H,1-2H3,(H,19,21)(H,22,23)/b8-4+. The number of amides is 1. The number of carbonyl (C=O) groups is 2. The Morgan fingerprint density at radius 3 is 2.40 bits per heavy atom. The summed E-state index contributed by atoms with van der Waals surface area (Å²) in [4.78, 5) is 22.9. The van der Waals surface area contributed by atoms with Crippen molar-refractivity contribution in [3.05, 3.63) is 53.6 Å². The minimum Gasteiger partial charge on any atom is -0.507 e. The van der Waals surface area contributed by atoms with Gasteiger partial charge in [-0.25, -0.2) is 4.79 Å². The van der Waals surface area contributed by atoms with E-state index in [2.05, 4.69) is 5.32 Å². The van der Waals surface area contributed by atoms with Gasteiger partial charge >= 0.3 is 5.97 Å². The first kappa shape index (κ1) is 17.9. The summed E-state index contributed by atoms with van der Waals surface area (Å²) < 4.78 is 10.3. The molecule has 0 unspecified atom stereocenters. The van der Waals surface area contributed by atoms with Crippen molar-refractivity contribution in [2.45, 2.75) is 0 Å². The summed E-state index contributed by atoms with van der Waals surface area (Å²) >= 11 is 0. The molecule has 0 spiro atoms. The van der Waals surface area contributed by atoms with E-state index in [4.69, 9.17) is 14.6 Å². The zero-order valence-corrected chi connectivity index (χ0v) is 13.6. The average molecular weight is 343 g/mol. The van der Waals surface area contributed by atoms with E-state index in [0.29, 0.717) is 11.5 Å². The number of methoxy groups -OCH3 is 2. The fraction of sp³-hybridized carbons (Fsp3) is 0.111. The molecule has 2 aromatic carbocycles. The maximum Gasteiger partial charge on any atom is 0.339 e. The topological polar surface area (TPSA) is 105 Å². The minimum absolute atomic E-state index is 0.261. The first-order valence-corrected chi connectivity index (χ1v) is 7.22. The molecule has 130 valence electrons. The number of aromatic carboxylic acids is 1. The molecule has 1 amide bonds. The van der Waals surface area contributed by atoms with Gasteiger partial charge in [0.2, 0.25) is 5.91 Å². The summed E-state index contributed by atoms with van der Waals surface area (Å²) in [5, 5.41) is 20.9. The molecule has 0 aliphatic carbocycles. The number of phenols is 1. The van der Waals surface area contributed by atoms with Crippen LogP contribution in [-0.4, -0.2) is 36.3 Å². The molecule has 0 aliphatic rings. The van der Waals surface area contributed by atoms with Gasteiger partial charge in [0.05, 0.1) is 14.2 Å². The number of rotatable bonds is 6. The minimum atomic E-state index is -1.28. The van der Waals surface area contributed by atoms with Crippen molar-refractivity contribution in [1.29, 1.82) is 0 Å². The Morgan fingerprint density at radius 1 is 1.04 bits per heavy atom. The van der Waals surface area contributed by atoms with Gasteiger partial charge in [0.15, 0.2) is 11.5 Å². The normalized spacial score (nSPS) is 10.5. The van der Waals surface area contributed by atoms with Gasteiger partial charge in [-0.2, -0.15) is 0 Å². The Hall–Kier alpha value is -3.48. The summed E-state index contributed by atoms with van der Waals surface area (Å²) in [6, 6.07) is 8.98. The molecule has 3 N–H and O–H groups in total. The molecule has 0 atom stereocenters. The largest absolute Gasteiger partial charge is 0.507 e. The second-order valence-electron chi connectivity index (χ2n) is 4.97. The summed E-state index contributed by atoms with van der Waals surface area (Å²) in [5.74, 6) is -0.985. The summed E-state index contributed by atoms with van der Waals surface area (Å²) in [6.07, 6.45) is 2.88. The summed E-state index contributed by atoms with van der Waals surface area (Å²) in [6.45, 7) is 0. The lowest BCUT2D eigenvalue weighted by molar-refractivity contribution is -0.111. The monoisotopic (exact) mass is 343 g/mol. The highest BCUT2D eigenvalue weighted by molar-refractivity contribution is 6.03. The molecule has 0 saturated carbocycles. The second kappa shape index (κ2) is 7.87. The van der Waals surface area contributed by atoms with E-state index in [0.717, 1.165) is 5.56 Å². The zero-order valence-electron chi connectivity index (χ0n) is 13.6. The van der Waals surface area contributed by atoms with Gasteiger partial charge in [-0.1, -0.05) is 6.07 Å². The van der Waals surface area contributed by atoms with Crippen molar-refractivity contribution in [2.24, 2.45) is 0 Å². The maximum atomic E-state index is 12.0. The Balaban J connectivity index is 2.11. The lowest BCUT2D eigenvalue weighted by Gasteiger charge is -2.07. The molecule has 0 aliphatic heterocycles. The Bertz CT molecular complexity index is 828. The van der Waals surface area contributed by atoms with Crippen LogP contribution in [0, 0.1) is 0 Å². The number of anilines is 1. The number of ether oxygens (including phenoxy) is 2. The fourth-order valence-corrected chi connectivity index (χ4v) is 2.10. The van der Waals surface area contributed by atoms with Crippen LogP contribution in [0.25, 0.3) is 6.08 Å². The average Bonchev–Trinajstić information content (AvgIpc) is 2.61. The first-order valence-electron chi connectivity index (χ1n) is 7.22. The molecule has 0 radical (unpaired) electrons. The SMILES string of the molecule is COc1ccc(/C=C/C(=O)Nc2ccc(O)c(C(=O)O)c2)cc1OC. The highest BCUT2D eigenvalue weighted by Gasteiger charge is 2.11. The van der Waals surface area contributed by atoms with Crippen molar-refractivity contribution in [1.82, 2.24) is 0 Å². The van der Waals surface area contributed by atoms with Crippen LogP contribution in [0.3, 0.4) is 0 Å². The van der Waals surface area contributed by atoms with Crippen LogP contribution in [0.1, 0.15) is 15.9 Å². The van der Waals surface area contributed by atoms with Crippen molar-refractivity contribution < 1.29 is 29.3 Å². The third-order valence-corrected chi connectivity index (χ3v) is 3.33. The lowest BCUT2D eigenvalue weighted by Crippen LogP contribution is -2.08. The van der Waals surface area contributed by atoms with Crippen molar-refractivity contribution in [3.63, 3.8) is 0 Å².